The molecule has 52 heavy (non-hydrogen) atoms. The minimum absolute atomic E-state index is 0.169. The summed E-state index contributed by atoms with van der Waals surface area (Å²) in [4.78, 5) is 115. The van der Waals surface area contributed by atoms with Crippen molar-refractivity contribution in [2.45, 2.75) is 122 Å². The summed E-state index contributed by atoms with van der Waals surface area (Å²) in [6.45, 7) is 8.52. The number of nitrogens with zero attached hydrogens (tertiary/aromatic N) is 1. The molecule has 0 aromatic heterocycles. The standard InChI is InChI=1S/C32H54N8O11S/c1-6-16(4)25(38-29(48)21-8-7-11-40(21)32(51)24(34)15(2)3)30(49)36-19(9-10-22(33)43)27(46)37-20(14-52)28(47)39-26(17(5)42)31(50)35-18(13-41)12-23(44)45/h13,15-21,24-26,42,52H,6-12,14,34H2,1-5H3,(H2,33,43)(H,35,50)(H,36,49)(H,37,46)(H,38,48)(H,39,47)(H,44,45)/t16-,17+,18-,19-,20-,21-,24-,25-,26-/m0/s1. The lowest BCUT2D eigenvalue weighted by molar-refractivity contribution is -0.141. The molecule has 0 bridgehead atoms. The van der Waals surface area contributed by atoms with Crippen LogP contribution in [0.2, 0.25) is 0 Å². The Hall–Kier alpha value is -4.30. The zero-order chi connectivity index (χ0) is 39.9. The van der Waals surface area contributed by atoms with E-state index in [9.17, 15) is 48.3 Å². The number of carbonyl (C=O) groups excluding carboxylic acids is 8. The molecule has 0 aromatic rings. The van der Waals surface area contributed by atoms with E-state index in [1.54, 1.807) is 27.7 Å². The van der Waals surface area contributed by atoms with E-state index in [1.807, 2.05) is 0 Å². The third-order valence-corrected chi connectivity index (χ3v) is 9.08. The minimum atomic E-state index is -1.68. The monoisotopic (exact) mass is 758 g/mol. The van der Waals surface area contributed by atoms with Crippen LogP contribution in [0.15, 0.2) is 0 Å². The van der Waals surface area contributed by atoms with Gasteiger partial charge in [0, 0.05) is 18.7 Å². The topological polar surface area (TPSA) is 310 Å². The van der Waals surface area contributed by atoms with Crippen LogP contribution < -0.4 is 38.1 Å². The van der Waals surface area contributed by atoms with Crippen molar-refractivity contribution in [3.63, 3.8) is 0 Å². The lowest BCUT2D eigenvalue weighted by Gasteiger charge is -2.31. The average molecular weight is 759 g/mol. The second kappa shape index (κ2) is 21.9. The van der Waals surface area contributed by atoms with Crippen LogP contribution in [-0.4, -0.2) is 129 Å². The molecule has 1 rings (SSSR count). The van der Waals surface area contributed by atoms with Crippen molar-refractivity contribution in [2.75, 3.05) is 12.3 Å². The normalized spacial score (nSPS) is 18.7. The quantitative estimate of drug-likeness (QED) is 0.0383. The molecule has 9 atom stereocenters. The van der Waals surface area contributed by atoms with Gasteiger partial charge in [0.1, 0.15) is 36.5 Å². The van der Waals surface area contributed by atoms with Crippen molar-refractivity contribution in [1.82, 2.24) is 31.5 Å². The van der Waals surface area contributed by atoms with Gasteiger partial charge in [0.2, 0.25) is 41.4 Å². The second-order valence-electron chi connectivity index (χ2n) is 13.2. The van der Waals surface area contributed by atoms with Crippen LogP contribution in [0.5, 0.6) is 0 Å². The average Bonchev–Trinajstić information content (AvgIpc) is 3.58. The first kappa shape index (κ1) is 45.7. The Kier molecular flexibility index (Phi) is 19.3. The zero-order valence-corrected chi connectivity index (χ0v) is 31.0. The third-order valence-electron chi connectivity index (χ3n) is 8.71. The Balaban J connectivity index is 3.18. The minimum Gasteiger partial charge on any atom is -0.481 e. The molecule has 1 aliphatic heterocycles. The summed E-state index contributed by atoms with van der Waals surface area (Å²) in [6.07, 6.45) is -1.44. The molecule has 0 radical (unpaired) electrons. The number of carboxylic acids is 1. The van der Waals surface area contributed by atoms with Gasteiger partial charge in [0.15, 0.2) is 0 Å². The van der Waals surface area contributed by atoms with Gasteiger partial charge in [-0.15, -0.1) is 0 Å². The molecule has 0 saturated carbocycles. The van der Waals surface area contributed by atoms with Gasteiger partial charge in [-0.25, -0.2) is 0 Å². The highest BCUT2D eigenvalue weighted by Crippen LogP contribution is 2.21. The fraction of sp³-hybridized carbons (Fsp3) is 0.719. The van der Waals surface area contributed by atoms with E-state index in [1.165, 1.54) is 4.90 Å². The summed E-state index contributed by atoms with van der Waals surface area (Å²) < 4.78 is 0. The van der Waals surface area contributed by atoms with Gasteiger partial charge >= 0.3 is 5.97 Å². The number of primary amides is 1. The van der Waals surface area contributed by atoms with Crippen molar-refractivity contribution in [2.24, 2.45) is 23.3 Å². The van der Waals surface area contributed by atoms with E-state index >= 15 is 0 Å². The van der Waals surface area contributed by atoms with Gasteiger partial charge in [-0.1, -0.05) is 34.1 Å². The fourth-order valence-corrected chi connectivity index (χ4v) is 5.52. The number of carboxylic acid groups (broad SMARTS) is 1. The zero-order valence-electron chi connectivity index (χ0n) is 30.1. The number of thiol groups is 1. The van der Waals surface area contributed by atoms with Crippen LogP contribution in [0.3, 0.4) is 0 Å². The highest BCUT2D eigenvalue weighted by Gasteiger charge is 2.40. The number of carbonyl (C=O) groups is 9. The summed E-state index contributed by atoms with van der Waals surface area (Å²) in [5.41, 5.74) is 11.4. The lowest BCUT2D eigenvalue weighted by atomic mass is 9.96. The first-order valence-electron chi connectivity index (χ1n) is 17.1. The number of hydrogen-bond donors (Lipinski definition) is 10. The molecule has 294 valence electrons. The Morgan fingerprint density at radius 3 is 1.96 bits per heavy atom. The van der Waals surface area contributed by atoms with E-state index in [0.717, 1.165) is 6.92 Å². The van der Waals surface area contributed by atoms with E-state index in [-0.39, 0.29) is 36.7 Å². The molecule has 7 amide bonds. The maximum atomic E-state index is 13.7. The summed E-state index contributed by atoms with van der Waals surface area (Å²) >= 11 is 4.09. The van der Waals surface area contributed by atoms with Crippen LogP contribution in [-0.2, 0) is 43.2 Å². The van der Waals surface area contributed by atoms with Crippen molar-refractivity contribution < 1.29 is 53.4 Å². The number of nitrogens with one attached hydrogen (secondary N) is 5. The third kappa shape index (κ3) is 14.0. The number of amides is 7. The number of likely N-dealkylation sites (tertiary alicyclic amines) is 1. The van der Waals surface area contributed by atoms with Gasteiger partial charge in [0.25, 0.3) is 0 Å². The van der Waals surface area contributed by atoms with Crippen LogP contribution in [0, 0.1) is 11.8 Å². The first-order valence-corrected chi connectivity index (χ1v) is 17.7. The maximum absolute atomic E-state index is 13.7. The van der Waals surface area contributed by atoms with Gasteiger partial charge in [-0.05, 0) is 38.0 Å². The number of aliphatic hydroxyl groups is 1. The second-order valence-corrected chi connectivity index (χ2v) is 13.6. The first-order chi connectivity index (χ1) is 24.3. The van der Waals surface area contributed by atoms with Crippen molar-refractivity contribution in [3.05, 3.63) is 0 Å². The smallest absolute Gasteiger partial charge is 0.305 e. The fourth-order valence-electron chi connectivity index (χ4n) is 5.27. The number of hydrogen-bond acceptors (Lipinski definition) is 12. The van der Waals surface area contributed by atoms with E-state index < -0.39 is 102 Å². The highest BCUT2D eigenvalue weighted by atomic mass is 32.1. The van der Waals surface area contributed by atoms with E-state index in [2.05, 4.69) is 39.2 Å². The largest absolute Gasteiger partial charge is 0.481 e. The summed E-state index contributed by atoms with van der Waals surface area (Å²) in [5, 5.41) is 31.0. The van der Waals surface area contributed by atoms with Crippen LogP contribution in [0.4, 0.5) is 0 Å². The van der Waals surface area contributed by atoms with E-state index in [4.69, 9.17) is 16.6 Å². The molecular formula is C32H54N8O11S. The Bertz CT molecular complexity index is 1320. The number of rotatable bonds is 22. The van der Waals surface area contributed by atoms with Gasteiger partial charge in [0.05, 0.1) is 24.6 Å². The van der Waals surface area contributed by atoms with Gasteiger partial charge in [-0.3, -0.25) is 38.4 Å². The van der Waals surface area contributed by atoms with Crippen molar-refractivity contribution in [3.8, 4) is 0 Å². The number of aldehydes is 1. The number of nitrogens with two attached hydrogens (primary N) is 2. The van der Waals surface area contributed by atoms with E-state index in [0.29, 0.717) is 25.8 Å². The molecule has 0 aliphatic carbocycles. The number of aliphatic hydroxyl groups excluding tert-OH is 1. The molecule has 19 nitrogen and oxygen atoms in total. The highest BCUT2D eigenvalue weighted by molar-refractivity contribution is 7.80. The van der Waals surface area contributed by atoms with Crippen LogP contribution in [0.25, 0.3) is 0 Å². The maximum Gasteiger partial charge on any atom is 0.305 e. The van der Waals surface area contributed by atoms with Crippen LogP contribution in [0.1, 0.15) is 73.1 Å². The molecule has 1 aliphatic rings. The molecular weight excluding hydrogens is 704 g/mol. The molecule has 0 spiro atoms. The molecule has 11 N–H and O–H groups in total. The lowest BCUT2D eigenvalue weighted by Crippen LogP contribution is -2.61. The molecule has 1 fully saturated rings. The Labute approximate surface area is 307 Å². The molecule has 0 aromatic carbocycles. The molecule has 1 saturated heterocycles. The predicted molar refractivity (Wildman–Crippen MR) is 189 cm³/mol. The SMILES string of the molecule is CC[C@H](C)[C@H](NC(=O)[C@@H]1CCCN1C(=O)[C@@H](N)C(C)C)C(=O)N[C@@H](CCC(N)=O)C(=O)N[C@@H](CS)C(=O)N[C@H](C(=O)N[C@H](C=O)CC(=O)O)[C@@H](C)O. The Morgan fingerprint density at radius 1 is 0.885 bits per heavy atom. The molecule has 0 unspecified atom stereocenters. The van der Waals surface area contributed by atoms with Crippen molar-refractivity contribution in [1.29, 1.82) is 0 Å². The number of aliphatic carboxylic acids is 1. The predicted octanol–water partition coefficient (Wildman–Crippen LogP) is -3.32. The molecule has 1 heterocycles. The summed E-state index contributed by atoms with van der Waals surface area (Å²) in [6, 6.07) is -8.91. The van der Waals surface area contributed by atoms with Gasteiger partial charge in [-0.2, -0.15) is 12.6 Å². The Morgan fingerprint density at radius 2 is 1.46 bits per heavy atom. The molecule has 20 heteroatoms. The van der Waals surface area contributed by atoms with Gasteiger partial charge < -0.3 is 58.0 Å². The summed E-state index contributed by atoms with van der Waals surface area (Å²) in [7, 11) is 0. The van der Waals surface area contributed by atoms with Crippen molar-refractivity contribution >= 4 is 66.2 Å². The summed E-state index contributed by atoms with van der Waals surface area (Å²) in [5.74, 6) is -7.94. The van der Waals surface area contributed by atoms with Crippen LogP contribution >= 0.6 is 12.6 Å².